The van der Waals surface area contributed by atoms with E-state index in [0.717, 1.165) is 0 Å². The minimum Gasteiger partial charge on any atom is -0.508 e. The first-order chi connectivity index (χ1) is 9.25. The maximum atomic E-state index is 12.0. The van der Waals surface area contributed by atoms with E-state index in [0.29, 0.717) is 11.1 Å². The summed E-state index contributed by atoms with van der Waals surface area (Å²) in [7, 11) is -4.53. The molecule has 0 aliphatic heterocycles. The molecule has 2 aromatic carbocycles. The fourth-order valence-electron chi connectivity index (χ4n) is 2.07. The van der Waals surface area contributed by atoms with Crippen LogP contribution in [0.3, 0.4) is 0 Å². The largest absolute Gasteiger partial charge is 0.508 e. The third-order valence-corrected chi connectivity index (χ3v) is 5.12. The molecule has 20 heavy (non-hydrogen) atoms. The number of phenolic OH excluding ortho intramolecular Hbond substituents is 2. The van der Waals surface area contributed by atoms with Gasteiger partial charge in [0, 0.05) is 0 Å². The van der Waals surface area contributed by atoms with Crippen molar-refractivity contribution < 1.29 is 24.6 Å². The normalized spacial score (nSPS) is 12.3. The Morgan fingerprint density at radius 2 is 1.10 bits per heavy atom. The summed E-state index contributed by atoms with van der Waals surface area (Å²) in [6, 6.07) is 11.4. The Morgan fingerprint density at radius 1 is 0.800 bits per heavy atom. The monoisotopic (exact) mass is 294 g/mol. The maximum absolute atomic E-state index is 12.0. The van der Waals surface area contributed by atoms with Crippen molar-refractivity contribution in [2.24, 2.45) is 0 Å². The van der Waals surface area contributed by atoms with E-state index in [1.165, 1.54) is 55.5 Å². The van der Waals surface area contributed by atoms with Gasteiger partial charge in [-0.25, -0.2) is 0 Å². The van der Waals surface area contributed by atoms with Crippen LogP contribution in [0.2, 0.25) is 0 Å². The highest BCUT2D eigenvalue weighted by molar-refractivity contribution is 7.53. The lowest BCUT2D eigenvalue weighted by Gasteiger charge is -2.31. The molecule has 0 aliphatic carbocycles. The maximum Gasteiger partial charge on any atom is 0.340 e. The van der Waals surface area contributed by atoms with Crippen molar-refractivity contribution in [3.05, 3.63) is 59.7 Å². The Bertz CT molecular complexity index is 597. The zero-order chi connectivity index (χ0) is 15.0. The van der Waals surface area contributed by atoms with E-state index in [1.54, 1.807) is 0 Å². The van der Waals surface area contributed by atoms with Gasteiger partial charge in [0.25, 0.3) is 0 Å². The molecule has 6 heteroatoms. The Hall–Kier alpha value is -1.81. The first kappa shape index (κ1) is 14.6. The van der Waals surface area contributed by atoms with E-state index >= 15 is 0 Å². The Labute approximate surface area is 116 Å². The van der Waals surface area contributed by atoms with E-state index in [1.807, 2.05) is 0 Å². The summed E-state index contributed by atoms with van der Waals surface area (Å²) in [5.41, 5.74) is 0.767. The van der Waals surface area contributed by atoms with Gasteiger partial charge in [-0.1, -0.05) is 24.3 Å². The number of hydrogen-bond donors (Lipinski definition) is 4. The van der Waals surface area contributed by atoms with Crippen LogP contribution < -0.4 is 0 Å². The van der Waals surface area contributed by atoms with Gasteiger partial charge in [0.1, 0.15) is 16.7 Å². The van der Waals surface area contributed by atoms with Gasteiger partial charge in [-0.15, -0.1) is 0 Å². The molecule has 0 atom stereocenters. The minimum absolute atomic E-state index is 0.0209. The molecule has 0 amide bonds. The summed E-state index contributed by atoms with van der Waals surface area (Å²) in [6.07, 6.45) is 0. The van der Waals surface area contributed by atoms with Crippen molar-refractivity contribution in [3.8, 4) is 11.5 Å². The van der Waals surface area contributed by atoms with Crippen LogP contribution in [0.4, 0.5) is 0 Å². The van der Waals surface area contributed by atoms with Crippen LogP contribution in [0, 0.1) is 0 Å². The van der Waals surface area contributed by atoms with E-state index < -0.39 is 12.8 Å². The minimum atomic E-state index is -4.53. The smallest absolute Gasteiger partial charge is 0.340 e. The molecule has 2 rings (SSSR count). The number of rotatable bonds is 3. The first-order valence-electron chi connectivity index (χ1n) is 5.90. The van der Waals surface area contributed by atoms with Crippen LogP contribution >= 0.6 is 7.60 Å². The second kappa shape index (κ2) is 4.94. The standard InChI is InChI=1S/C14H15O5P/c1-14(20(17,18)19,10-2-6-12(15)7-3-10)11-4-8-13(16)9-5-11/h2-9,15-16H,1H3,(H2,17,18,19). The van der Waals surface area contributed by atoms with Gasteiger partial charge in [-0.05, 0) is 42.3 Å². The Morgan fingerprint density at radius 3 is 1.35 bits per heavy atom. The lowest BCUT2D eigenvalue weighted by molar-refractivity contribution is 0.344. The summed E-state index contributed by atoms with van der Waals surface area (Å²) < 4.78 is 12.0. The van der Waals surface area contributed by atoms with Gasteiger partial charge in [0.05, 0.1) is 0 Å². The molecule has 0 saturated heterocycles. The van der Waals surface area contributed by atoms with E-state index in [4.69, 9.17) is 0 Å². The molecule has 0 bridgehead atoms. The van der Waals surface area contributed by atoms with Gasteiger partial charge in [-0.2, -0.15) is 0 Å². The number of aromatic hydroxyl groups is 2. The van der Waals surface area contributed by atoms with Gasteiger partial charge >= 0.3 is 7.60 Å². The van der Waals surface area contributed by atoms with Gasteiger partial charge in [-0.3, -0.25) is 4.57 Å². The Kier molecular flexibility index (Phi) is 3.61. The van der Waals surface area contributed by atoms with E-state index in [-0.39, 0.29) is 11.5 Å². The molecule has 0 heterocycles. The highest BCUT2D eigenvalue weighted by Crippen LogP contribution is 2.60. The second-order valence-electron chi connectivity index (χ2n) is 4.71. The molecule has 5 nitrogen and oxygen atoms in total. The average Bonchev–Trinajstić information content (AvgIpc) is 2.38. The molecule has 2 aromatic rings. The summed E-state index contributed by atoms with van der Waals surface area (Å²) >= 11 is 0. The molecule has 4 N–H and O–H groups in total. The fourth-order valence-corrected chi connectivity index (χ4v) is 3.05. The molecule has 0 spiro atoms. The summed E-state index contributed by atoms with van der Waals surface area (Å²) in [6.45, 7) is 1.44. The van der Waals surface area contributed by atoms with Crippen LogP contribution in [-0.2, 0) is 9.72 Å². The van der Waals surface area contributed by atoms with Crippen molar-refractivity contribution in [2.75, 3.05) is 0 Å². The third-order valence-electron chi connectivity index (χ3n) is 3.44. The van der Waals surface area contributed by atoms with Crippen LogP contribution in [0.25, 0.3) is 0 Å². The SMILES string of the molecule is CC(c1ccc(O)cc1)(c1ccc(O)cc1)P(=O)(O)O. The predicted octanol–water partition coefficient (Wildman–Crippen LogP) is 2.54. The first-order valence-corrected chi connectivity index (χ1v) is 7.51. The highest BCUT2D eigenvalue weighted by Gasteiger charge is 2.45. The predicted molar refractivity (Wildman–Crippen MR) is 74.7 cm³/mol. The van der Waals surface area contributed by atoms with Gasteiger partial charge in [0.2, 0.25) is 0 Å². The van der Waals surface area contributed by atoms with Crippen LogP contribution in [0.1, 0.15) is 18.1 Å². The molecular formula is C14H15O5P. The Balaban J connectivity index is 2.66. The van der Waals surface area contributed by atoms with Gasteiger partial charge in [0.15, 0.2) is 0 Å². The third kappa shape index (κ3) is 2.43. The lowest BCUT2D eigenvalue weighted by Crippen LogP contribution is -2.23. The topological polar surface area (TPSA) is 98.0 Å². The lowest BCUT2D eigenvalue weighted by atomic mass is 9.92. The van der Waals surface area contributed by atoms with E-state index in [2.05, 4.69) is 0 Å². The van der Waals surface area contributed by atoms with E-state index in [9.17, 15) is 24.6 Å². The second-order valence-corrected chi connectivity index (χ2v) is 6.69. The quantitative estimate of drug-likeness (QED) is 0.652. The number of benzene rings is 2. The molecule has 0 aromatic heterocycles. The van der Waals surface area contributed by atoms with Crippen LogP contribution in [-0.4, -0.2) is 20.0 Å². The average molecular weight is 294 g/mol. The molecule has 0 unspecified atom stereocenters. The zero-order valence-corrected chi connectivity index (χ0v) is 11.7. The van der Waals surface area contributed by atoms with Gasteiger partial charge < -0.3 is 20.0 Å². The van der Waals surface area contributed by atoms with Crippen molar-refractivity contribution in [1.29, 1.82) is 0 Å². The van der Waals surface area contributed by atoms with Crippen molar-refractivity contribution in [1.82, 2.24) is 0 Å². The molecule has 0 radical (unpaired) electrons. The molecule has 0 aliphatic rings. The summed E-state index contributed by atoms with van der Waals surface area (Å²) in [5.74, 6) is 0.0417. The molecule has 0 fully saturated rings. The van der Waals surface area contributed by atoms with Crippen molar-refractivity contribution in [3.63, 3.8) is 0 Å². The number of hydrogen-bond acceptors (Lipinski definition) is 3. The molecular weight excluding hydrogens is 279 g/mol. The van der Waals surface area contributed by atoms with Crippen molar-refractivity contribution >= 4 is 7.60 Å². The zero-order valence-electron chi connectivity index (χ0n) is 10.8. The summed E-state index contributed by atoms with van der Waals surface area (Å²) in [4.78, 5) is 19.5. The molecule has 0 saturated carbocycles. The highest BCUT2D eigenvalue weighted by atomic mass is 31.2. The van der Waals surface area contributed by atoms with Crippen molar-refractivity contribution in [2.45, 2.75) is 12.1 Å². The number of phenols is 2. The molecule has 106 valence electrons. The fraction of sp³-hybridized carbons (Fsp3) is 0.143. The van der Waals surface area contributed by atoms with Crippen LogP contribution in [0.15, 0.2) is 48.5 Å². The summed E-state index contributed by atoms with van der Waals surface area (Å²) in [5, 5.41) is 17.1. The van der Waals surface area contributed by atoms with Crippen LogP contribution in [0.5, 0.6) is 11.5 Å².